The number of nitrogens with zero attached hydrogens (tertiary/aromatic N) is 2. The van der Waals surface area contributed by atoms with E-state index in [0.29, 0.717) is 6.07 Å². The average molecular weight is 537 g/mol. The Bertz CT molecular complexity index is 1390. The summed E-state index contributed by atoms with van der Waals surface area (Å²) in [6, 6.07) is 11.1. The maximum Gasteiger partial charge on any atom is 0.325 e. The van der Waals surface area contributed by atoms with Gasteiger partial charge in [-0.25, -0.2) is 26.0 Å². The first-order valence-corrected chi connectivity index (χ1v) is 12.9. The predicted octanol–water partition coefficient (Wildman–Crippen LogP) is 4.38. The number of carboxylic acids is 1. The molecule has 37 heavy (non-hydrogen) atoms. The van der Waals surface area contributed by atoms with Gasteiger partial charge in [0.1, 0.15) is 29.3 Å². The average Bonchev–Trinajstić information content (AvgIpc) is 2.86. The molecule has 3 aromatic carbocycles. The number of rotatable bonds is 8. The molecule has 11 heteroatoms. The number of piperazine rings is 1. The molecule has 0 aromatic heterocycles. The molecule has 196 valence electrons. The van der Waals surface area contributed by atoms with Crippen LogP contribution in [0.2, 0.25) is 0 Å². The van der Waals surface area contributed by atoms with E-state index >= 15 is 0 Å². The van der Waals surface area contributed by atoms with E-state index in [1.807, 2.05) is 0 Å². The Kier molecular flexibility index (Phi) is 7.96. The van der Waals surface area contributed by atoms with Crippen LogP contribution in [0.15, 0.2) is 71.6 Å². The molecule has 0 aliphatic carbocycles. The number of hydrogen-bond donors (Lipinski definition) is 1. The highest BCUT2D eigenvalue weighted by Crippen LogP contribution is 2.32. The van der Waals surface area contributed by atoms with E-state index in [9.17, 15) is 35.9 Å². The summed E-state index contributed by atoms with van der Waals surface area (Å²) in [7, 11) is -3.93. The van der Waals surface area contributed by atoms with Crippen LogP contribution >= 0.6 is 0 Å². The largest absolute Gasteiger partial charge is 0.480 e. The Hall–Kier alpha value is -3.28. The lowest BCUT2D eigenvalue weighted by atomic mass is 9.97. The van der Waals surface area contributed by atoms with Crippen molar-refractivity contribution >= 4 is 16.0 Å². The molecule has 2 unspecified atom stereocenters. The quantitative estimate of drug-likeness (QED) is 0.433. The van der Waals surface area contributed by atoms with Crippen molar-refractivity contribution in [2.24, 2.45) is 0 Å². The molecular weight excluding hydrogens is 512 g/mol. The summed E-state index contributed by atoms with van der Waals surface area (Å²) in [6.45, 7) is -0.297. The Labute approximate surface area is 211 Å². The van der Waals surface area contributed by atoms with Gasteiger partial charge in [0.25, 0.3) is 0 Å². The fraction of sp³-hybridized carbons (Fsp3) is 0.269. The number of carbonyl (C=O) groups is 1. The second-order valence-electron chi connectivity index (χ2n) is 8.75. The third-order valence-corrected chi connectivity index (χ3v) is 8.34. The second kappa shape index (κ2) is 11.0. The summed E-state index contributed by atoms with van der Waals surface area (Å²) in [5, 5.41) is 10.0. The molecule has 0 radical (unpaired) electrons. The molecule has 1 fully saturated rings. The van der Waals surface area contributed by atoms with Gasteiger partial charge >= 0.3 is 5.97 Å². The first kappa shape index (κ1) is 26.8. The topological polar surface area (TPSA) is 77.9 Å². The first-order valence-electron chi connectivity index (χ1n) is 11.5. The van der Waals surface area contributed by atoms with E-state index in [-0.39, 0.29) is 48.5 Å². The van der Waals surface area contributed by atoms with Crippen molar-refractivity contribution in [2.75, 3.05) is 19.6 Å². The summed E-state index contributed by atoms with van der Waals surface area (Å²) in [6.07, 6.45) is 0.140. The molecule has 1 aliphatic rings. The van der Waals surface area contributed by atoms with E-state index in [0.717, 1.165) is 24.3 Å². The van der Waals surface area contributed by atoms with Gasteiger partial charge in [0.15, 0.2) is 0 Å². The number of halogens is 4. The molecule has 0 saturated carbocycles. The number of aliphatic carboxylic acids is 1. The maximum absolute atomic E-state index is 14.7. The van der Waals surface area contributed by atoms with Crippen molar-refractivity contribution in [1.82, 2.24) is 9.21 Å². The molecule has 0 spiro atoms. The van der Waals surface area contributed by atoms with Gasteiger partial charge in [0.05, 0.1) is 4.90 Å². The summed E-state index contributed by atoms with van der Waals surface area (Å²) in [5.74, 6) is -4.85. The number of hydrogen-bond acceptors (Lipinski definition) is 4. The Morgan fingerprint density at radius 2 is 1.57 bits per heavy atom. The van der Waals surface area contributed by atoms with Gasteiger partial charge in [-0.05, 0) is 42.7 Å². The van der Waals surface area contributed by atoms with Crippen LogP contribution in [-0.2, 0) is 21.2 Å². The van der Waals surface area contributed by atoms with Crippen LogP contribution in [0.4, 0.5) is 17.6 Å². The smallest absolute Gasteiger partial charge is 0.325 e. The Balaban J connectivity index is 1.68. The molecule has 1 N–H and O–H groups in total. The van der Waals surface area contributed by atoms with E-state index < -0.39 is 51.3 Å². The third kappa shape index (κ3) is 5.84. The van der Waals surface area contributed by atoms with Gasteiger partial charge in [-0.3, -0.25) is 9.69 Å². The zero-order valence-corrected chi connectivity index (χ0v) is 20.3. The molecule has 1 aliphatic heterocycles. The van der Waals surface area contributed by atoms with Gasteiger partial charge in [-0.15, -0.1) is 0 Å². The number of aryl methyl sites for hydroxylation is 1. The second-order valence-corrected chi connectivity index (χ2v) is 10.7. The molecule has 4 rings (SSSR count). The highest BCUT2D eigenvalue weighted by molar-refractivity contribution is 7.89. The summed E-state index contributed by atoms with van der Waals surface area (Å²) < 4.78 is 83.5. The lowest BCUT2D eigenvalue weighted by Gasteiger charge is -2.43. The van der Waals surface area contributed by atoms with Gasteiger partial charge in [-0.1, -0.05) is 30.3 Å². The number of carboxylic acid groups (broad SMARTS) is 1. The highest BCUT2D eigenvalue weighted by Gasteiger charge is 2.41. The summed E-state index contributed by atoms with van der Waals surface area (Å²) in [5.41, 5.74) is -0.101. The van der Waals surface area contributed by atoms with Crippen LogP contribution in [0.1, 0.15) is 23.6 Å². The normalized spacial score (nSPS) is 18.0. The minimum Gasteiger partial charge on any atom is -0.480 e. The van der Waals surface area contributed by atoms with Crippen LogP contribution < -0.4 is 0 Å². The molecule has 1 saturated heterocycles. The van der Waals surface area contributed by atoms with Crippen molar-refractivity contribution in [3.05, 3.63) is 101 Å². The minimum atomic E-state index is -3.93. The van der Waals surface area contributed by atoms with Crippen LogP contribution in [0.25, 0.3) is 0 Å². The molecular formula is C26H24F4N2O4S. The fourth-order valence-electron chi connectivity index (χ4n) is 4.62. The Morgan fingerprint density at radius 1 is 0.919 bits per heavy atom. The zero-order chi connectivity index (χ0) is 26.7. The van der Waals surface area contributed by atoms with Crippen molar-refractivity contribution in [3.63, 3.8) is 0 Å². The van der Waals surface area contributed by atoms with E-state index in [2.05, 4.69) is 0 Å². The van der Waals surface area contributed by atoms with E-state index in [1.54, 1.807) is 18.2 Å². The summed E-state index contributed by atoms with van der Waals surface area (Å²) in [4.78, 5) is 13.8. The molecule has 6 nitrogen and oxygen atoms in total. The van der Waals surface area contributed by atoms with Gasteiger partial charge in [0.2, 0.25) is 10.0 Å². The number of sulfonamides is 1. The molecule has 0 amide bonds. The molecule has 0 bridgehead atoms. The van der Waals surface area contributed by atoms with Crippen molar-refractivity contribution in [3.8, 4) is 0 Å². The van der Waals surface area contributed by atoms with Crippen molar-refractivity contribution in [1.29, 1.82) is 0 Å². The minimum absolute atomic E-state index is 0.0464. The van der Waals surface area contributed by atoms with Gasteiger partial charge in [-0.2, -0.15) is 4.31 Å². The molecule has 3 aromatic rings. The first-order chi connectivity index (χ1) is 17.6. The lowest BCUT2D eigenvalue weighted by molar-refractivity contribution is -0.145. The summed E-state index contributed by atoms with van der Waals surface area (Å²) >= 11 is 0. The highest BCUT2D eigenvalue weighted by atomic mass is 32.2. The predicted molar refractivity (Wildman–Crippen MR) is 127 cm³/mol. The lowest BCUT2D eigenvalue weighted by Crippen LogP contribution is -2.56. The van der Waals surface area contributed by atoms with E-state index in [4.69, 9.17) is 0 Å². The SMILES string of the molecule is O=C(O)C(c1ccc(F)cc1F)N1CCN(S(=O)(=O)c2ccccc2)CC1CCc1ccc(F)cc1F. The van der Waals surface area contributed by atoms with Gasteiger partial charge in [0, 0.05) is 43.4 Å². The monoisotopic (exact) mass is 536 g/mol. The van der Waals surface area contributed by atoms with Crippen LogP contribution in [0, 0.1) is 23.3 Å². The van der Waals surface area contributed by atoms with Crippen LogP contribution in [0.5, 0.6) is 0 Å². The standard InChI is InChI=1S/C26H24F4N2O4S/c27-18-8-6-17(23(29)14-18)7-10-20-16-31(37(35,36)21-4-2-1-3-5-21)12-13-32(20)25(26(33)34)22-11-9-19(28)15-24(22)30/h1-6,8-9,11,14-15,20,25H,7,10,12-13,16H2,(H,33,34). The maximum atomic E-state index is 14.7. The van der Waals surface area contributed by atoms with Gasteiger partial charge < -0.3 is 5.11 Å². The van der Waals surface area contributed by atoms with Crippen LogP contribution in [0.3, 0.4) is 0 Å². The molecule has 1 heterocycles. The third-order valence-electron chi connectivity index (χ3n) is 6.46. The zero-order valence-electron chi connectivity index (χ0n) is 19.5. The fourth-order valence-corrected chi connectivity index (χ4v) is 6.11. The van der Waals surface area contributed by atoms with E-state index in [1.165, 1.54) is 27.4 Å². The Morgan fingerprint density at radius 3 is 2.19 bits per heavy atom. The van der Waals surface area contributed by atoms with Crippen LogP contribution in [-0.4, -0.2) is 54.4 Å². The molecule has 2 atom stereocenters. The number of benzene rings is 3. The van der Waals surface area contributed by atoms with Crippen molar-refractivity contribution < 1.29 is 35.9 Å². The van der Waals surface area contributed by atoms with Crippen molar-refractivity contribution in [2.45, 2.75) is 29.8 Å².